The van der Waals surface area contributed by atoms with Crippen LogP contribution in [0.1, 0.15) is 25.5 Å². The Bertz CT molecular complexity index is 658. The summed E-state index contributed by atoms with van der Waals surface area (Å²) >= 11 is 1.62. The summed E-state index contributed by atoms with van der Waals surface area (Å²) in [5, 5.41) is 3.11. The van der Waals surface area contributed by atoms with Crippen molar-refractivity contribution in [3.8, 4) is 0 Å². The van der Waals surface area contributed by atoms with Gasteiger partial charge >= 0.3 is 0 Å². The van der Waals surface area contributed by atoms with Gasteiger partial charge in [-0.3, -0.25) is 9.69 Å². The maximum Gasteiger partial charge on any atom is 0.240 e. The zero-order valence-corrected chi connectivity index (χ0v) is 13.7. The number of thiazole rings is 1. The second kappa shape index (κ2) is 6.73. The molecular weight excluding hydrogens is 298 g/mol. The van der Waals surface area contributed by atoms with Gasteiger partial charge in [0, 0.05) is 6.54 Å². The Morgan fingerprint density at radius 3 is 3.27 bits per heavy atom. The number of hydrogen-bond acceptors (Lipinski definition) is 5. The molecule has 0 aliphatic carbocycles. The number of likely N-dealkylation sites (N-methyl/N-ethyl adjacent to an activating group) is 1. The zero-order valence-electron chi connectivity index (χ0n) is 12.9. The van der Waals surface area contributed by atoms with Gasteiger partial charge in [0.1, 0.15) is 6.04 Å². The van der Waals surface area contributed by atoms with Crippen molar-refractivity contribution >= 4 is 27.5 Å². The Balaban J connectivity index is 1.69. The molecule has 1 aromatic heterocycles. The molecule has 1 fully saturated rings. The van der Waals surface area contributed by atoms with Crippen LogP contribution in [0.5, 0.6) is 0 Å². The number of carbonyl (C=O) groups excluding carboxylic acids is 1. The average Bonchev–Trinajstić information content (AvgIpc) is 3.02. The van der Waals surface area contributed by atoms with Crippen LogP contribution in [0.15, 0.2) is 23.7 Å². The fourth-order valence-electron chi connectivity index (χ4n) is 2.79. The summed E-state index contributed by atoms with van der Waals surface area (Å²) in [7, 11) is 0. The standard InChI is InChI=1S/C16H21N3O2S/c1-3-19-6-7-21-9-14(19)16(20)18-11(2)12-4-5-13-15(8-12)22-10-17-13/h4-5,8,10-11,14H,3,6-7,9H2,1-2H3,(H,18,20). The smallest absolute Gasteiger partial charge is 0.240 e. The second-order valence-electron chi connectivity index (χ2n) is 5.53. The lowest BCUT2D eigenvalue weighted by molar-refractivity contribution is -0.133. The van der Waals surface area contributed by atoms with Crippen LogP contribution in [0.2, 0.25) is 0 Å². The number of amides is 1. The molecule has 1 aliphatic heterocycles. The summed E-state index contributed by atoms with van der Waals surface area (Å²) in [6, 6.07) is 5.92. The van der Waals surface area contributed by atoms with Gasteiger partial charge in [0.05, 0.1) is 35.0 Å². The lowest BCUT2D eigenvalue weighted by Crippen LogP contribution is -2.53. The molecule has 22 heavy (non-hydrogen) atoms. The summed E-state index contributed by atoms with van der Waals surface area (Å²) in [6.45, 7) is 6.95. The number of carbonyl (C=O) groups is 1. The van der Waals surface area contributed by atoms with Crippen molar-refractivity contribution in [2.45, 2.75) is 25.9 Å². The minimum absolute atomic E-state index is 0.0281. The Kier molecular flexibility index (Phi) is 4.71. The molecule has 2 atom stereocenters. The highest BCUT2D eigenvalue weighted by molar-refractivity contribution is 7.16. The van der Waals surface area contributed by atoms with Gasteiger partial charge in [-0.2, -0.15) is 0 Å². The second-order valence-corrected chi connectivity index (χ2v) is 6.42. The van der Waals surface area contributed by atoms with E-state index in [1.165, 1.54) is 0 Å². The molecule has 2 aromatic rings. The first kappa shape index (κ1) is 15.4. The summed E-state index contributed by atoms with van der Waals surface area (Å²) in [4.78, 5) is 19.0. The lowest BCUT2D eigenvalue weighted by Gasteiger charge is -2.34. The fraction of sp³-hybridized carbons (Fsp3) is 0.500. The molecule has 1 aromatic carbocycles. The van der Waals surface area contributed by atoms with Crippen molar-refractivity contribution in [2.75, 3.05) is 26.3 Å². The number of benzene rings is 1. The lowest BCUT2D eigenvalue weighted by atomic mass is 10.1. The number of nitrogens with one attached hydrogen (secondary N) is 1. The first-order chi connectivity index (χ1) is 10.7. The monoisotopic (exact) mass is 319 g/mol. The average molecular weight is 319 g/mol. The number of nitrogens with zero attached hydrogens (tertiary/aromatic N) is 2. The molecule has 3 rings (SSSR count). The molecule has 0 spiro atoms. The van der Waals surface area contributed by atoms with Crippen LogP contribution >= 0.6 is 11.3 Å². The number of morpholine rings is 1. The highest BCUT2D eigenvalue weighted by Gasteiger charge is 2.29. The van der Waals surface area contributed by atoms with Crippen molar-refractivity contribution in [1.29, 1.82) is 0 Å². The van der Waals surface area contributed by atoms with E-state index in [0.29, 0.717) is 13.2 Å². The van der Waals surface area contributed by atoms with Crippen molar-refractivity contribution < 1.29 is 9.53 Å². The first-order valence-corrected chi connectivity index (χ1v) is 8.52. The Labute approximate surface area is 134 Å². The number of aromatic nitrogens is 1. The first-order valence-electron chi connectivity index (χ1n) is 7.64. The highest BCUT2D eigenvalue weighted by Crippen LogP contribution is 2.23. The van der Waals surface area contributed by atoms with Crippen LogP contribution in [0.25, 0.3) is 10.2 Å². The maximum absolute atomic E-state index is 12.5. The van der Waals surface area contributed by atoms with Crippen molar-refractivity contribution in [1.82, 2.24) is 15.2 Å². The highest BCUT2D eigenvalue weighted by atomic mass is 32.1. The van der Waals surface area contributed by atoms with E-state index in [9.17, 15) is 4.79 Å². The van der Waals surface area contributed by atoms with Gasteiger partial charge in [-0.1, -0.05) is 13.0 Å². The van der Waals surface area contributed by atoms with Gasteiger partial charge in [0.2, 0.25) is 5.91 Å². The minimum atomic E-state index is -0.187. The van der Waals surface area contributed by atoms with E-state index in [0.717, 1.165) is 28.9 Å². The molecule has 2 unspecified atom stereocenters. The Hall–Kier alpha value is -1.50. The predicted molar refractivity (Wildman–Crippen MR) is 88.0 cm³/mol. The third-order valence-corrected chi connectivity index (χ3v) is 4.95. The van der Waals surface area contributed by atoms with Crippen LogP contribution in [0.3, 0.4) is 0 Å². The minimum Gasteiger partial charge on any atom is -0.378 e. The van der Waals surface area contributed by atoms with Gasteiger partial charge < -0.3 is 10.1 Å². The quantitative estimate of drug-likeness (QED) is 0.938. The molecule has 2 heterocycles. The summed E-state index contributed by atoms with van der Waals surface area (Å²) in [6.07, 6.45) is 0. The van der Waals surface area contributed by atoms with Crippen LogP contribution in [-0.4, -0.2) is 48.1 Å². The van der Waals surface area contributed by atoms with Crippen LogP contribution in [-0.2, 0) is 9.53 Å². The molecule has 1 N–H and O–H groups in total. The normalized spacial score (nSPS) is 20.9. The fourth-order valence-corrected chi connectivity index (χ4v) is 3.52. The summed E-state index contributed by atoms with van der Waals surface area (Å²) in [5.74, 6) is 0.0402. The van der Waals surface area contributed by atoms with Crippen molar-refractivity contribution in [3.63, 3.8) is 0 Å². The van der Waals surface area contributed by atoms with E-state index in [1.54, 1.807) is 11.3 Å². The SMILES string of the molecule is CCN1CCOCC1C(=O)NC(C)c1ccc2ncsc2c1. The molecule has 1 saturated heterocycles. The summed E-state index contributed by atoms with van der Waals surface area (Å²) in [5.41, 5.74) is 3.95. The van der Waals surface area contributed by atoms with Gasteiger partial charge in [-0.25, -0.2) is 4.98 Å². The number of ether oxygens (including phenoxy) is 1. The van der Waals surface area contributed by atoms with Crippen LogP contribution in [0.4, 0.5) is 0 Å². The number of hydrogen-bond donors (Lipinski definition) is 1. The van der Waals surface area contributed by atoms with Gasteiger partial charge in [-0.15, -0.1) is 11.3 Å². The molecule has 6 heteroatoms. The zero-order chi connectivity index (χ0) is 15.5. The van der Waals surface area contributed by atoms with Gasteiger partial charge in [0.25, 0.3) is 0 Å². The third kappa shape index (κ3) is 3.14. The van der Waals surface area contributed by atoms with Gasteiger partial charge in [-0.05, 0) is 31.2 Å². The summed E-state index contributed by atoms with van der Waals surface area (Å²) < 4.78 is 6.61. The van der Waals surface area contributed by atoms with E-state index in [1.807, 2.05) is 24.6 Å². The Morgan fingerprint density at radius 2 is 2.45 bits per heavy atom. The molecule has 118 valence electrons. The van der Waals surface area contributed by atoms with E-state index in [4.69, 9.17) is 4.74 Å². The number of rotatable bonds is 4. The van der Waals surface area contributed by atoms with E-state index < -0.39 is 0 Å². The topological polar surface area (TPSA) is 54.5 Å². The van der Waals surface area contributed by atoms with Crippen molar-refractivity contribution in [3.05, 3.63) is 29.3 Å². The van der Waals surface area contributed by atoms with Crippen LogP contribution in [0, 0.1) is 0 Å². The maximum atomic E-state index is 12.5. The molecule has 0 radical (unpaired) electrons. The van der Waals surface area contributed by atoms with Gasteiger partial charge in [0.15, 0.2) is 0 Å². The molecule has 1 aliphatic rings. The molecule has 5 nitrogen and oxygen atoms in total. The predicted octanol–water partition coefficient (Wildman–Crippen LogP) is 2.19. The number of fused-ring (bicyclic) bond motifs is 1. The largest absolute Gasteiger partial charge is 0.378 e. The van der Waals surface area contributed by atoms with E-state index >= 15 is 0 Å². The molecular formula is C16H21N3O2S. The van der Waals surface area contributed by atoms with E-state index in [2.05, 4.69) is 28.2 Å². The molecule has 1 amide bonds. The Morgan fingerprint density at radius 1 is 1.59 bits per heavy atom. The van der Waals surface area contributed by atoms with Crippen molar-refractivity contribution in [2.24, 2.45) is 0 Å². The molecule has 0 bridgehead atoms. The van der Waals surface area contributed by atoms with Crippen LogP contribution < -0.4 is 5.32 Å². The molecule has 0 saturated carbocycles. The third-order valence-electron chi connectivity index (χ3n) is 4.16. The van der Waals surface area contributed by atoms with E-state index in [-0.39, 0.29) is 18.0 Å².